The van der Waals surface area contributed by atoms with E-state index in [1.54, 1.807) is 11.3 Å². The number of rotatable bonds is 6. The van der Waals surface area contributed by atoms with Gasteiger partial charge in [-0.1, -0.05) is 6.92 Å². The first kappa shape index (κ1) is 14.5. The Labute approximate surface area is 119 Å². The summed E-state index contributed by atoms with van der Waals surface area (Å²) in [5, 5.41) is 7.06. The Morgan fingerprint density at radius 2 is 2.37 bits per heavy atom. The largest absolute Gasteiger partial charge is 0.350 e. The Morgan fingerprint density at radius 1 is 1.53 bits per heavy atom. The SMILES string of the molecule is CNCCCC(=O)NCc1nc2c(s1)CC(C)CC2. The van der Waals surface area contributed by atoms with Gasteiger partial charge in [0.2, 0.25) is 5.91 Å². The summed E-state index contributed by atoms with van der Waals surface area (Å²) >= 11 is 1.77. The highest BCUT2D eigenvalue weighted by Gasteiger charge is 2.19. The van der Waals surface area contributed by atoms with Gasteiger partial charge in [0.05, 0.1) is 12.2 Å². The van der Waals surface area contributed by atoms with Crippen molar-refractivity contribution in [3.05, 3.63) is 15.6 Å². The van der Waals surface area contributed by atoms with Crippen molar-refractivity contribution in [3.63, 3.8) is 0 Å². The molecule has 1 aliphatic carbocycles. The number of nitrogens with zero attached hydrogens (tertiary/aromatic N) is 1. The van der Waals surface area contributed by atoms with E-state index < -0.39 is 0 Å². The zero-order valence-electron chi connectivity index (χ0n) is 11.8. The van der Waals surface area contributed by atoms with Gasteiger partial charge in [-0.05, 0) is 45.2 Å². The molecule has 1 unspecified atom stereocenters. The minimum Gasteiger partial charge on any atom is -0.350 e. The van der Waals surface area contributed by atoms with Crippen molar-refractivity contribution in [1.82, 2.24) is 15.6 Å². The summed E-state index contributed by atoms with van der Waals surface area (Å²) in [6, 6.07) is 0. The minimum atomic E-state index is 0.122. The van der Waals surface area contributed by atoms with Gasteiger partial charge in [0.25, 0.3) is 0 Å². The number of amides is 1. The van der Waals surface area contributed by atoms with Crippen LogP contribution in [0.25, 0.3) is 0 Å². The quantitative estimate of drug-likeness (QED) is 0.783. The second kappa shape index (κ2) is 7.01. The molecule has 0 fully saturated rings. The molecule has 5 heteroatoms. The van der Waals surface area contributed by atoms with Crippen molar-refractivity contribution in [2.75, 3.05) is 13.6 Å². The summed E-state index contributed by atoms with van der Waals surface area (Å²) in [4.78, 5) is 17.7. The molecule has 4 nitrogen and oxygen atoms in total. The van der Waals surface area contributed by atoms with Crippen LogP contribution < -0.4 is 10.6 Å². The Hall–Kier alpha value is -0.940. The van der Waals surface area contributed by atoms with E-state index in [4.69, 9.17) is 0 Å². The molecule has 0 bridgehead atoms. The zero-order chi connectivity index (χ0) is 13.7. The number of carbonyl (C=O) groups is 1. The van der Waals surface area contributed by atoms with E-state index in [0.29, 0.717) is 13.0 Å². The van der Waals surface area contributed by atoms with Gasteiger partial charge in [0.15, 0.2) is 0 Å². The fraction of sp³-hybridized carbons (Fsp3) is 0.714. The number of aryl methyl sites for hydroxylation is 1. The summed E-state index contributed by atoms with van der Waals surface area (Å²) in [6.07, 6.45) is 4.97. The van der Waals surface area contributed by atoms with Crippen LogP contribution in [0.2, 0.25) is 0 Å². The molecule has 1 heterocycles. The smallest absolute Gasteiger partial charge is 0.220 e. The molecule has 0 spiro atoms. The second-order valence-electron chi connectivity index (χ2n) is 5.31. The number of hydrogen-bond acceptors (Lipinski definition) is 4. The molecule has 1 aliphatic rings. The summed E-state index contributed by atoms with van der Waals surface area (Å²) in [5.41, 5.74) is 1.27. The molecule has 0 aromatic carbocycles. The molecule has 0 radical (unpaired) electrons. The van der Waals surface area contributed by atoms with E-state index in [0.717, 1.165) is 36.7 Å². The topological polar surface area (TPSA) is 54.0 Å². The van der Waals surface area contributed by atoms with Crippen molar-refractivity contribution in [2.24, 2.45) is 5.92 Å². The molecular formula is C14H23N3OS. The van der Waals surface area contributed by atoms with Crippen LogP contribution in [0.1, 0.15) is 41.8 Å². The molecule has 1 amide bonds. The summed E-state index contributed by atoms with van der Waals surface area (Å²) in [7, 11) is 1.90. The Bertz CT molecular complexity index is 430. The fourth-order valence-electron chi connectivity index (χ4n) is 2.36. The number of fused-ring (bicyclic) bond motifs is 1. The van der Waals surface area contributed by atoms with Crippen LogP contribution in [0.15, 0.2) is 0 Å². The van der Waals surface area contributed by atoms with Gasteiger partial charge in [-0.25, -0.2) is 4.98 Å². The third kappa shape index (κ3) is 4.28. The molecule has 1 aromatic heterocycles. The number of hydrogen-bond donors (Lipinski definition) is 2. The second-order valence-corrected chi connectivity index (χ2v) is 6.48. The third-order valence-corrected chi connectivity index (χ3v) is 4.62. The maximum Gasteiger partial charge on any atom is 0.220 e. The van der Waals surface area contributed by atoms with Crippen molar-refractivity contribution in [2.45, 2.75) is 45.6 Å². The highest BCUT2D eigenvalue weighted by atomic mass is 32.1. The molecule has 0 aliphatic heterocycles. The van der Waals surface area contributed by atoms with Crippen LogP contribution in [0.5, 0.6) is 0 Å². The van der Waals surface area contributed by atoms with Crippen molar-refractivity contribution >= 4 is 17.2 Å². The average molecular weight is 281 g/mol. The van der Waals surface area contributed by atoms with Gasteiger partial charge < -0.3 is 10.6 Å². The van der Waals surface area contributed by atoms with Crippen LogP contribution in [-0.4, -0.2) is 24.5 Å². The first-order chi connectivity index (χ1) is 9.19. The molecule has 19 heavy (non-hydrogen) atoms. The molecule has 1 atom stereocenters. The average Bonchev–Trinajstić information content (AvgIpc) is 2.78. The lowest BCUT2D eigenvalue weighted by atomic mass is 9.93. The fourth-order valence-corrected chi connectivity index (χ4v) is 3.58. The van der Waals surface area contributed by atoms with Gasteiger partial charge in [0, 0.05) is 11.3 Å². The Balaban J connectivity index is 1.79. The number of nitrogens with one attached hydrogen (secondary N) is 2. The third-order valence-electron chi connectivity index (χ3n) is 3.50. The van der Waals surface area contributed by atoms with E-state index in [9.17, 15) is 4.79 Å². The maximum atomic E-state index is 11.6. The number of thiazole rings is 1. The molecule has 2 rings (SSSR count). The first-order valence-corrected chi connectivity index (χ1v) is 7.89. The zero-order valence-corrected chi connectivity index (χ0v) is 12.6. The molecule has 106 valence electrons. The van der Waals surface area contributed by atoms with E-state index in [2.05, 4.69) is 22.5 Å². The summed E-state index contributed by atoms with van der Waals surface area (Å²) in [5.74, 6) is 0.897. The van der Waals surface area contributed by atoms with Crippen LogP contribution in [-0.2, 0) is 24.2 Å². The van der Waals surface area contributed by atoms with E-state index >= 15 is 0 Å². The summed E-state index contributed by atoms with van der Waals surface area (Å²) < 4.78 is 0. The van der Waals surface area contributed by atoms with Crippen LogP contribution in [0.4, 0.5) is 0 Å². The van der Waals surface area contributed by atoms with E-state index in [-0.39, 0.29) is 5.91 Å². The van der Waals surface area contributed by atoms with Gasteiger partial charge in [-0.15, -0.1) is 11.3 Å². The lowest BCUT2D eigenvalue weighted by Crippen LogP contribution is -2.23. The van der Waals surface area contributed by atoms with Gasteiger partial charge in [0.1, 0.15) is 5.01 Å². The van der Waals surface area contributed by atoms with Crippen molar-refractivity contribution in [3.8, 4) is 0 Å². The van der Waals surface area contributed by atoms with Crippen molar-refractivity contribution in [1.29, 1.82) is 0 Å². The predicted molar refractivity (Wildman–Crippen MR) is 78.3 cm³/mol. The molecule has 0 saturated carbocycles. The normalized spacial score (nSPS) is 18.1. The number of carbonyl (C=O) groups excluding carboxylic acids is 1. The molecule has 0 saturated heterocycles. The molecule has 1 aromatic rings. The Morgan fingerprint density at radius 3 is 3.16 bits per heavy atom. The first-order valence-electron chi connectivity index (χ1n) is 7.07. The maximum absolute atomic E-state index is 11.6. The lowest BCUT2D eigenvalue weighted by molar-refractivity contribution is -0.121. The Kier molecular flexibility index (Phi) is 5.34. The minimum absolute atomic E-state index is 0.122. The van der Waals surface area contributed by atoms with E-state index in [1.165, 1.54) is 17.0 Å². The number of aromatic nitrogens is 1. The van der Waals surface area contributed by atoms with Gasteiger partial charge in [-0.2, -0.15) is 0 Å². The highest BCUT2D eigenvalue weighted by Crippen LogP contribution is 2.29. The molecular weight excluding hydrogens is 258 g/mol. The highest BCUT2D eigenvalue weighted by molar-refractivity contribution is 7.11. The van der Waals surface area contributed by atoms with Crippen LogP contribution in [0, 0.1) is 5.92 Å². The monoisotopic (exact) mass is 281 g/mol. The predicted octanol–water partition coefficient (Wildman–Crippen LogP) is 1.88. The summed E-state index contributed by atoms with van der Waals surface area (Å²) in [6.45, 7) is 3.77. The van der Waals surface area contributed by atoms with Gasteiger partial charge in [-0.3, -0.25) is 4.79 Å². The molecule has 2 N–H and O–H groups in total. The van der Waals surface area contributed by atoms with Crippen LogP contribution in [0.3, 0.4) is 0 Å². The lowest BCUT2D eigenvalue weighted by Gasteiger charge is -2.15. The van der Waals surface area contributed by atoms with E-state index in [1.807, 2.05) is 7.05 Å². The standard InChI is InChI=1S/C14H23N3OS/c1-10-5-6-11-12(8-10)19-14(17-11)9-16-13(18)4-3-7-15-2/h10,15H,3-9H2,1-2H3,(H,16,18). The van der Waals surface area contributed by atoms with Crippen LogP contribution >= 0.6 is 11.3 Å². The van der Waals surface area contributed by atoms with Crippen molar-refractivity contribution < 1.29 is 4.79 Å². The van der Waals surface area contributed by atoms with Gasteiger partial charge >= 0.3 is 0 Å².